The van der Waals surface area contributed by atoms with Gasteiger partial charge in [0.25, 0.3) is 0 Å². The number of nitrogens with zero attached hydrogens (tertiary/aromatic N) is 2. The van der Waals surface area contributed by atoms with E-state index in [1.807, 2.05) is 6.07 Å². The molecule has 0 saturated carbocycles. The maximum absolute atomic E-state index is 12.5. The molecule has 0 unspecified atom stereocenters. The van der Waals surface area contributed by atoms with Crippen LogP contribution in [0.5, 0.6) is 0 Å². The van der Waals surface area contributed by atoms with Crippen molar-refractivity contribution in [1.82, 2.24) is 9.55 Å². The van der Waals surface area contributed by atoms with Gasteiger partial charge in [0, 0.05) is 7.05 Å². The fourth-order valence-corrected chi connectivity index (χ4v) is 1.55. The molecule has 0 fully saturated rings. The van der Waals surface area contributed by atoms with E-state index in [1.54, 1.807) is 24.3 Å². The largest absolute Gasteiger partial charge is 0.449 e. The Morgan fingerprint density at radius 3 is 2.25 bits per heavy atom. The van der Waals surface area contributed by atoms with Crippen molar-refractivity contribution < 1.29 is 13.2 Å². The maximum atomic E-state index is 12.5. The second-order valence-electron chi connectivity index (χ2n) is 3.39. The van der Waals surface area contributed by atoms with Gasteiger partial charge in [-0.2, -0.15) is 13.2 Å². The van der Waals surface area contributed by atoms with Gasteiger partial charge in [0.15, 0.2) is 0 Å². The fourth-order valence-electron chi connectivity index (χ4n) is 1.55. The molecule has 0 spiro atoms. The summed E-state index contributed by atoms with van der Waals surface area (Å²) in [4.78, 5) is 3.40. The van der Waals surface area contributed by atoms with E-state index in [2.05, 4.69) is 4.98 Å². The summed E-state index contributed by atoms with van der Waals surface area (Å²) in [5, 5.41) is 0. The molecule has 0 amide bonds. The zero-order valence-corrected chi connectivity index (χ0v) is 8.49. The standard InChI is InChI=1S/C11H9F3N2/c1-16-9(8-5-3-2-4-6-8)7-15-10(16)11(12,13)14/h2-7H,1H3. The van der Waals surface area contributed by atoms with Crippen molar-refractivity contribution >= 4 is 0 Å². The topological polar surface area (TPSA) is 17.8 Å². The molecule has 5 heteroatoms. The molecule has 1 aromatic carbocycles. The molecule has 84 valence electrons. The van der Waals surface area contributed by atoms with E-state index in [9.17, 15) is 13.2 Å². The molecule has 0 aliphatic carbocycles. The highest BCUT2D eigenvalue weighted by Crippen LogP contribution is 2.30. The minimum atomic E-state index is -4.41. The minimum absolute atomic E-state index is 0.452. The lowest BCUT2D eigenvalue weighted by atomic mass is 10.2. The van der Waals surface area contributed by atoms with E-state index in [4.69, 9.17) is 0 Å². The number of hydrogen-bond acceptors (Lipinski definition) is 1. The van der Waals surface area contributed by atoms with Crippen molar-refractivity contribution in [1.29, 1.82) is 0 Å². The highest BCUT2D eigenvalue weighted by molar-refractivity contribution is 5.59. The molecule has 1 heterocycles. The Kier molecular flexibility index (Phi) is 2.46. The van der Waals surface area contributed by atoms with E-state index in [0.29, 0.717) is 11.3 Å². The molecule has 2 rings (SSSR count). The average Bonchev–Trinajstić information content (AvgIpc) is 2.61. The minimum Gasteiger partial charge on any atom is -0.324 e. The molecule has 16 heavy (non-hydrogen) atoms. The van der Waals surface area contributed by atoms with Crippen LogP contribution in [0.1, 0.15) is 5.82 Å². The van der Waals surface area contributed by atoms with Crippen molar-refractivity contribution in [2.45, 2.75) is 6.18 Å². The summed E-state index contributed by atoms with van der Waals surface area (Å²) in [6.07, 6.45) is -3.18. The summed E-state index contributed by atoms with van der Waals surface area (Å²) in [5.41, 5.74) is 1.17. The number of halogens is 3. The first kappa shape index (κ1) is 10.7. The SMILES string of the molecule is Cn1c(-c2ccccc2)cnc1C(F)(F)F. The maximum Gasteiger partial charge on any atom is 0.449 e. The third kappa shape index (κ3) is 1.80. The van der Waals surface area contributed by atoms with Gasteiger partial charge < -0.3 is 4.57 Å². The molecule has 0 aliphatic rings. The van der Waals surface area contributed by atoms with Crippen LogP contribution < -0.4 is 0 Å². The van der Waals surface area contributed by atoms with Crippen LogP contribution in [0.15, 0.2) is 36.5 Å². The van der Waals surface area contributed by atoms with Gasteiger partial charge in [-0.05, 0) is 5.56 Å². The van der Waals surface area contributed by atoms with Crippen LogP contribution in [0.4, 0.5) is 13.2 Å². The van der Waals surface area contributed by atoms with Crippen LogP contribution in [0.25, 0.3) is 11.3 Å². The third-order valence-corrected chi connectivity index (χ3v) is 2.31. The summed E-state index contributed by atoms with van der Waals surface area (Å²) in [6.45, 7) is 0. The van der Waals surface area contributed by atoms with Crippen LogP contribution in [0, 0.1) is 0 Å². The monoisotopic (exact) mass is 226 g/mol. The molecule has 2 aromatic rings. The van der Waals surface area contributed by atoms with E-state index >= 15 is 0 Å². The average molecular weight is 226 g/mol. The zero-order valence-electron chi connectivity index (χ0n) is 8.49. The first-order valence-electron chi connectivity index (χ1n) is 4.64. The number of benzene rings is 1. The second-order valence-corrected chi connectivity index (χ2v) is 3.39. The number of rotatable bonds is 1. The van der Waals surface area contributed by atoms with Crippen molar-refractivity contribution in [2.24, 2.45) is 7.05 Å². The van der Waals surface area contributed by atoms with Crippen LogP contribution in [0.2, 0.25) is 0 Å². The van der Waals surface area contributed by atoms with Crippen LogP contribution in [-0.4, -0.2) is 9.55 Å². The molecular weight excluding hydrogens is 217 g/mol. The lowest BCUT2D eigenvalue weighted by Gasteiger charge is -2.08. The first-order chi connectivity index (χ1) is 7.50. The molecule has 0 bridgehead atoms. The number of aromatic nitrogens is 2. The predicted octanol–water partition coefficient (Wildman–Crippen LogP) is 3.11. The molecule has 2 nitrogen and oxygen atoms in total. The van der Waals surface area contributed by atoms with E-state index < -0.39 is 12.0 Å². The summed E-state index contributed by atoms with van der Waals surface area (Å²) in [6, 6.07) is 8.85. The van der Waals surface area contributed by atoms with Gasteiger partial charge in [-0.25, -0.2) is 4.98 Å². The Morgan fingerprint density at radius 1 is 1.12 bits per heavy atom. The molecule has 0 atom stereocenters. The van der Waals surface area contributed by atoms with Gasteiger partial charge >= 0.3 is 6.18 Å². The molecule has 0 saturated heterocycles. The van der Waals surface area contributed by atoms with Gasteiger partial charge in [0.05, 0.1) is 11.9 Å². The fraction of sp³-hybridized carbons (Fsp3) is 0.182. The number of alkyl halides is 3. The number of imidazole rings is 1. The molecule has 0 N–H and O–H groups in total. The second kappa shape index (κ2) is 3.66. The van der Waals surface area contributed by atoms with Gasteiger partial charge in [-0.15, -0.1) is 0 Å². The van der Waals surface area contributed by atoms with Crippen LogP contribution in [0.3, 0.4) is 0 Å². The van der Waals surface area contributed by atoms with Gasteiger partial charge in [0.2, 0.25) is 5.82 Å². The Labute approximate surface area is 90.4 Å². The van der Waals surface area contributed by atoms with E-state index in [0.717, 1.165) is 4.57 Å². The quantitative estimate of drug-likeness (QED) is 0.730. The lowest BCUT2D eigenvalue weighted by molar-refractivity contribution is -0.146. The van der Waals surface area contributed by atoms with Gasteiger partial charge in [0.1, 0.15) is 0 Å². The van der Waals surface area contributed by atoms with Crippen LogP contribution >= 0.6 is 0 Å². The highest BCUT2D eigenvalue weighted by Gasteiger charge is 2.36. The van der Waals surface area contributed by atoms with Gasteiger partial charge in [-0.3, -0.25) is 0 Å². The summed E-state index contributed by atoms with van der Waals surface area (Å²) < 4.78 is 38.5. The molecule has 0 aliphatic heterocycles. The molecular formula is C11H9F3N2. The smallest absolute Gasteiger partial charge is 0.324 e. The summed E-state index contributed by atoms with van der Waals surface area (Å²) in [5.74, 6) is -0.883. The van der Waals surface area contributed by atoms with Crippen molar-refractivity contribution in [3.63, 3.8) is 0 Å². The summed E-state index contributed by atoms with van der Waals surface area (Å²) in [7, 11) is 1.36. The van der Waals surface area contributed by atoms with Crippen molar-refractivity contribution in [3.05, 3.63) is 42.4 Å². The Morgan fingerprint density at radius 2 is 1.75 bits per heavy atom. The van der Waals surface area contributed by atoms with Crippen LogP contribution in [-0.2, 0) is 13.2 Å². The predicted molar refractivity (Wildman–Crippen MR) is 53.6 cm³/mol. The Hall–Kier alpha value is -1.78. The highest BCUT2D eigenvalue weighted by atomic mass is 19.4. The summed E-state index contributed by atoms with van der Waals surface area (Å²) >= 11 is 0. The van der Waals surface area contributed by atoms with Crippen molar-refractivity contribution in [3.8, 4) is 11.3 Å². The lowest BCUT2D eigenvalue weighted by Crippen LogP contribution is -2.13. The third-order valence-electron chi connectivity index (χ3n) is 2.31. The number of hydrogen-bond donors (Lipinski definition) is 0. The first-order valence-corrected chi connectivity index (χ1v) is 4.64. The van der Waals surface area contributed by atoms with E-state index in [1.165, 1.54) is 13.2 Å². The van der Waals surface area contributed by atoms with E-state index in [-0.39, 0.29) is 0 Å². The normalized spacial score (nSPS) is 11.8. The Balaban J connectivity index is 2.50. The Bertz CT molecular complexity index is 486. The van der Waals surface area contributed by atoms with Crippen molar-refractivity contribution in [2.75, 3.05) is 0 Å². The molecule has 1 aromatic heterocycles. The zero-order chi connectivity index (χ0) is 11.8. The molecule has 0 radical (unpaired) electrons. The van der Waals surface area contributed by atoms with Gasteiger partial charge in [-0.1, -0.05) is 30.3 Å².